The maximum atomic E-state index is 11.9. The summed E-state index contributed by atoms with van der Waals surface area (Å²) in [7, 11) is -3.40. The monoisotopic (exact) mass is 318 g/mol. The SMILES string of the molecule is NS(=O)(=O)CCN1CCCC(CNC(=O)C2CCCN2)C1. The molecule has 8 heteroatoms. The van der Waals surface area contributed by atoms with Crippen LogP contribution in [0.25, 0.3) is 0 Å². The Morgan fingerprint density at radius 1 is 1.33 bits per heavy atom. The lowest BCUT2D eigenvalue weighted by Crippen LogP contribution is -2.46. The number of sulfonamides is 1. The minimum atomic E-state index is -3.40. The van der Waals surface area contributed by atoms with Crippen molar-refractivity contribution in [2.24, 2.45) is 11.1 Å². The Morgan fingerprint density at radius 2 is 2.14 bits per heavy atom. The van der Waals surface area contributed by atoms with Gasteiger partial charge in [-0.3, -0.25) is 4.79 Å². The van der Waals surface area contributed by atoms with Crippen molar-refractivity contribution < 1.29 is 13.2 Å². The molecule has 0 saturated carbocycles. The summed E-state index contributed by atoms with van der Waals surface area (Å²) in [6.07, 6.45) is 4.08. The molecule has 2 saturated heterocycles. The lowest BCUT2D eigenvalue weighted by molar-refractivity contribution is -0.123. The maximum Gasteiger partial charge on any atom is 0.237 e. The molecule has 1 amide bonds. The van der Waals surface area contributed by atoms with Crippen molar-refractivity contribution in [3.8, 4) is 0 Å². The Hall–Kier alpha value is -0.700. The van der Waals surface area contributed by atoms with Crippen LogP contribution in [0.2, 0.25) is 0 Å². The van der Waals surface area contributed by atoms with Crippen LogP contribution in [0.5, 0.6) is 0 Å². The van der Waals surface area contributed by atoms with Crippen LogP contribution in [0.4, 0.5) is 0 Å². The molecule has 122 valence electrons. The van der Waals surface area contributed by atoms with Gasteiger partial charge in [0.25, 0.3) is 0 Å². The third-order valence-corrected chi connectivity index (χ3v) is 4.99. The van der Waals surface area contributed by atoms with Crippen molar-refractivity contribution in [3.63, 3.8) is 0 Å². The number of nitrogens with two attached hydrogens (primary N) is 1. The van der Waals surface area contributed by atoms with Gasteiger partial charge in [-0.05, 0) is 44.7 Å². The molecule has 2 rings (SSSR count). The summed E-state index contributed by atoms with van der Waals surface area (Å²) in [5.41, 5.74) is 0. The standard InChI is InChI=1S/C13H26N4O3S/c14-21(19,20)8-7-17-6-2-3-11(10-17)9-16-13(18)12-4-1-5-15-12/h11-12,15H,1-10H2,(H,16,18)(H2,14,19,20). The van der Waals surface area contributed by atoms with Gasteiger partial charge in [-0.2, -0.15) is 0 Å². The Balaban J connectivity index is 1.69. The van der Waals surface area contributed by atoms with E-state index in [1.807, 2.05) is 0 Å². The number of piperidine rings is 1. The summed E-state index contributed by atoms with van der Waals surface area (Å²) in [5, 5.41) is 11.2. The van der Waals surface area contributed by atoms with Gasteiger partial charge in [0, 0.05) is 19.6 Å². The molecule has 0 radical (unpaired) electrons. The van der Waals surface area contributed by atoms with Crippen LogP contribution in [-0.2, 0) is 14.8 Å². The van der Waals surface area contributed by atoms with E-state index in [2.05, 4.69) is 15.5 Å². The largest absolute Gasteiger partial charge is 0.354 e. The molecule has 7 nitrogen and oxygen atoms in total. The third kappa shape index (κ3) is 5.90. The quantitative estimate of drug-likeness (QED) is 0.574. The van der Waals surface area contributed by atoms with E-state index >= 15 is 0 Å². The highest BCUT2D eigenvalue weighted by atomic mass is 32.2. The van der Waals surface area contributed by atoms with E-state index in [1.54, 1.807) is 0 Å². The number of nitrogens with one attached hydrogen (secondary N) is 2. The second-order valence-corrected chi connectivity index (χ2v) is 7.80. The molecule has 0 bridgehead atoms. The first-order chi connectivity index (χ1) is 9.94. The van der Waals surface area contributed by atoms with Gasteiger partial charge >= 0.3 is 0 Å². The number of nitrogens with zero attached hydrogens (tertiary/aromatic N) is 1. The molecular formula is C13H26N4O3S. The number of carbonyl (C=O) groups is 1. The molecule has 0 aromatic heterocycles. The number of carbonyl (C=O) groups excluding carboxylic acids is 1. The number of primary sulfonamides is 1. The van der Waals surface area contributed by atoms with Crippen LogP contribution < -0.4 is 15.8 Å². The molecule has 2 aliphatic heterocycles. The van der Waals surface area contributed by atoms with Gasteiger partial charge in [-0.25, -0.2) is 13.6 Å². The summed E-state index contributed by atoms with van der Waals surface area (Å²) < 4.78 is 22.0. The molecule has 2 aliphatic rings. The predicted octanol–water partition coefficient (Wildman–Crippen LogP) is -1.14. The molecule has 0 spiro atoms. The Kier molecular flexibility index (Phi) is 5.98. The highest BCUT2D eigenvalue weighted by molar-refractivity contribution is 7.89. The van der Waals surface area contributed by atoms with E-state index in [1.165, 1.54) is 0 Å². The second-order valence-electron chi connectivity index (χ2n) is 6.07. The lowest BCUT2D eigenvalue weighted by atomic mass is 9.98. The van der Waals surface area contributed by atoms with E-state index in [0.717, 1.165) is 45.3 Å². The van der Waals surface area contributed by atoms with Gasteiger partial charge in [0.15, 0.2) is 0 Å². The topological polar surface area (TPSA) is 105 Å². The van der Waals surface area contributed by atoms with Crippen molar-refractivity contribution in [2.45, 2.75) is 31.7 Å². The average molecular weight is 318 g/mol. The van der Waals surface area contributed by atoms with Crippen molar-refractivity contribution >= 4 is 15.9 Å². The molecule has 2 heterocycles. The molecule has 2 unspecified atom stereocenters. The Labute approximate surface area is 126 Å². The minimum Gasteiger partial charge on any atom is -0.354 e. The fourth-order valence-corrected chi connectivity index (χ4v) is 3.57. The zero-order chi connectivity index (χ0) is 15.3. The van der Waals surface area contributed by atoms with Crippen molar-refractivity contribution in [2.75, 3.05) is 38.5 Å². The molecule has 2 atom stereocenters. The highest BCUT2D eigenvalue weighted by Gasteiger charge is 2.24. The summed E-state index contributed by atoms with van der Waals surface area (Å²) in [5.74, 6) is 0.483. The van der Waals surface area contributed by atoms with E-state index in [0.29, 0.717) is 19.0 Å². The van der Waals surface area contributed by atoms with Gasteiger partial charge in [-0.15, -0.1) is 0 Å². The normalized spacial score (nSPS) is 27.7. The summed E-state index contributed by atoms with van der Waals surface area (Å²) in [6.45, 7) is 3.80. The number of rotatable bonds is 6. The van der Waals surface area contributed by atoms with Crippen LogP contribution in [0, 0.1) is 5.92 Å². The van der Waals surface area contributed by atoms with E-state index < -0.39 is 10.0 Å². The fourth-order valence-electron chi connectivity index (χ4n) is 3.05. The number of amides is 1. The lowest BCUT2D eigenvalue weighted by Gasteiger charge is -2.32. The molecule has 21 heavy (non-hydrogen) atoms. The zero-order valence-electron chi connectivity index (χ0n) is 12.4. The molecule has 0 aliphatic carbocycles. The van der Waals surface area contributed by atoms with Crippen LogP contribution in [-0.4, -0.2) is 63.7 Å². The van der Waals surface area contributed by atoms with Crippen molar-refractivity contribution in [1.29, 1.82) is 0 Å². The number of hydrogen-bond donors (Lipinski definition) is 3. The third-order valence-electron chi connectivity index (χ3n) is 4.24. The van der Waals surface area contributed by atoms with Crippen LogP contribution in [0.1, 0.15) is 25.7 Å². The van der Waals surface area contributed by atoms with E-state index in [4.69, 9.17) is 5.14 Å². The van der Waals surface area contributed by atoms with Gasteiger partial charge in [0.05, 0.1) is 11.8 Å². The van der Waals surface area contributed by atoms with E-state index in [-0.39, 0.29) is 17.7 Å². The van der Waals surface area contributed by atoms with Crippen molar-refractivity contribution in [3.05, 3.63) is 0 Å². The summed E-state index contributed by atoms with van der Waals surface area (Å²) in [6, 6.07) is -0.0351. The molecule has 0 aromatic rings. The first kappa shape index (κ1) is 16.7. The maximum absolute atomic E-state index is 11.9. The highest BCUT2D eigenvalue weighted by Crippen LogP contribution is 2.15. The smallest absolute Gasteiger partial charge is 0.237 e. The van der Waals surface area contributed by atoms with Crippen LogP contribution >= 0.6 is 0 Å². The minimum absolute atomic E-state index is 0.00191. The first-order valence-electron chi connectivity index (χ1n) is 7.68. The van der Waals surface area contributed by atoms with Gasteiger partial charge < -0.3 is 15.5 Å². The summed E-state index contributed by atoms with van der Waals surface area (Å²) >= 11 is 0. The fraction of sp³-hybridized carbons (Fsp3) is 0.923. The predicted molar refractivity (Wildman–Crippen MR) is 81.2 cm³/mol. The zero-order valence-corrected chi connectivity index (χ0v) is 13.2. The molecular weight excluding hydrogens is 292 g/mol. The molecule has 4 N–H and O–H groups in total. The summed E-state index contributed by atoms with van der Waals surface area (Å²) in [4.78, 5) is 14.1. The first-order valence-corrected chi connectivity index (χ1v) is 9.39. The molecule has 2 fully saturated rings. The second kappa shape index (κ2) is 7.53. The number of hydrogen-bond acceptors (Lipinski definition) is 5. The van der Waals surface area contributed by atoms with Crippen LogP contribution in [0.3, 0.4) is 0 Å². The van der Waals surface area contributed by atoms with Gasteiger partial charge in [0.1, 0.15) is 0 Å². The number of likely N-dealkylation sites (tertiary alicyclic amines) is 1. The molecule has 0 aromatic carbocycles. The van der Waals surface area contributed by atoms with Crippen molar-refractivity contribution in [1.82, 2.24) is 15.5 Å². The van der Waals surface area contributed by atoms with Crippen LogP contribution in [0.15, 0.2) is 0 Å². The Bertz CT molecular complexity index is 448. The van der Waals surface area contributed by atoms with Gasteiger partial charge in [-0.1, -0.05) is 0 Å². The van der Waals surface area contributed by atoms with E-state index in [9.17, 15) is 13.2 Å². The van der Waals surface area contributed by atoms with Gasteiger partial charge in [0.2, 0.25) is 15.9 Å². The Morgan fingerprint density at radius 3 is 2.81 bits per heavy atom. The average Bonchev–Trinajstić information content (AvgIpc) is 2.96.